The predicted octanol–water partition coefficient (Wildman–Crippen LogP) is 3.81. The number of carbonyl (C=O) groups excluding carboxylic acids is 2. The molecule has 1 saturated heterocycles. The molecule has 3 aromatic rings. The van der Waals surface area contributed by atoms with E-state index in [1.54, 1.807) is 19.2 Å². The van der Waals surface area contributed by atoms with Crippen molar-refractivity contribution in [1.82, 2.24) is 9.55 Å². The summed E-state index contributed by atoms with van der Waals surface area (Å²) in [7, 11) is -0.788. The Morgan fingerprint density at radius 1 is 1.18 bits per heavy atom. The Balaban J connectivity index is 1.59. The van der Waals surface area contributed by atoms with Crippen molar-refractivity contribution in [3.8, 4) is 0 Å². The average Bonchev–Trinajstić information content (AvgIpc) is 3.30. The normalized spacial score (nSPS) is 16.1. The number of benzene rings is 2. The number of hydrogen-bond acceptors (Lipinski definition) is 8. The van der Waals surface area contributed by atoms with Gasteiger partial charge in [0.2, 0.25) is 0 Å². The van der Waals surface area contributed by atoms with Crippen LogP contribution in [-0.4, -0.2) is 63.3 Å². The summed E-state index contributed by atoms with van der Waals surface area (Å²) in [4.78, 5) is 27.7. The van der Waals surface area contributed by atoms with Crippen LogP contribution in [0.4, 0.5) is 11.4 Å². The van der Waals surface area contributed by atoms with E-state index < -0.39 is 34.1 Å². The van der Waals surface area contributed by atoms with Crippen molar-refractivity contribution < 1.29 is 32.2 Å². The molecule has 1 aliphatic heterocycles. The lowest BCUT2D eigenvalue weighted by Gasteiger charge is -2.28. The lowest BCUT2D eigenvalue weighted by atomic mass is 10.1. The van der Waals surface area contributed by atoms with Crippen LogP contribution in [0.2, 0.25) is 0 Å². The van der Waals surface area contributed by atoms with Crippen LogP contribution in [0.15, 0.2) is 47.4 Å². The van der Waals surface area contributed by atoms with E-state index in [0.717, 1.165) is 37.2 Å². The summed E-state index contributed by atoms with van der Waals surface area (Å²) in [6.07, 6.45) is 3.24. The van der Waals surface area contributed by atoms with Crippen molar-refractivity contribution in [2.45, 2.75) is 63.2 Å². The van der Waals surface area contributed by atoms with Gasteiger partial charge in [-0.25, -0.2) is 13.4 Å². The lowest BCUT2D eigenvalue weighted by Crippen LogP contribution is -2.30. The molecule has 4 rings (SSSR count). The Morgan fingerprint density at radius 2 is 1.90 bits per heavy atom. The number of rotatable bonds is 10. The van der Waals surface area contributed by atoms with Crippen molar-refractivity contribution in [2.24, 2.45) is 0 Å². The van der Waals surface area contributed by atoms with E-state index in [9.17, 15) is 18.0 Å². The Bertz CT molecular complexity index is 1480. The Kier molecular flexibility index (Phi) is 8.81. The van der Waals surface area contributed by atoms with Gasteiger partial charge in [-0.05, 0) is 75.6 Å². The number of hydrogen-bond donors (Lipinski definition) is 1. The average molecular weight is 573 g/mol. The van der Waals surface area contributed by atoms with Gasteiger partial charge >= 0.3 is 5.97 Å². The molecule has 1 aliphatic rings. The molecule has 1 amide bonds. The van der Waals surface area contributed by atoms with Gasteiger partial charge in [0.15, 0.2) is 6.61 Å². The van der Waals surface area contributed by atoms with Crippen LogP contribution in [0.1, 0.15) is 45.9 Å². The van der Waals surface area contributed by atoms with Crippen LogP contribution in [-0.2, 0) is 46.0 Å². The summed E-state index contributed by atoms with van der Waals surface area (Å²) >= 11 is 0. The minimum absolute atomic E-state index is 0.0502. The molecule has 12 heteroatoms. The Hall–Kier alpha value is -3.48. The number of carbonyl (C=O) groups is 2. The summed E-state index contributed by atoms with van der Waals surface area (Å²) < 4.78 is 46.6. The first-order valence-electron chi connectivity index (χ1n) is 13.1. The number of ether oxygens (including phenoxy) is 3. The van der Waals surface area contributed by atoms with Crippen LogP contribution in [0, 0.1) is 0 Å². The molecule has 11 nitrogen and oxygen atoms in total. The second kappa shape index (κ2) is 11.9. The minimum atomic E-state index is -3.91. The maximum Gasteiger partial charge on any atom is 0.303 e. The SMILES string of the molecule is COC(C)(C)c1nc2cc(N(C)S(=O)(=O)c3ccc(NC(=O)COC(C)=O)cc3)ccc2n1CC1CCCCO1. The summed E-state index contributed by atoms with van der Waals surface area (Å²) in [5.74, 6) is -0.351. The third-order valence-corrected chi connectivity index (χ3v) is 8.81. The van der Waals surface area contributed by atoms with Gasteiger partial charge in [-0.15, -0.1) is 0 Å². The monoisotopic (exact) mass is 572 g/mol. The highest BCUT2D eigenvalue weighted by molar-refractivity contribution is 7.92. The zero-order valence-corrected chi connectivity index (χ0v) is 24.3. The molecule has 1 unspecified atom stereocenters. The number of esters is 1. The standard InChI is InChI=1S/C28H36N4O7S/c1-19(33)39-18-26(34)29-20-9-12-23(13-10-20)40(35,36)31(4)21-11-14-25-24(16-21)30-27(28(2,3)37-5)32(25)17-22-8-6-7-15-38-22/h9-14,16,22H,6-8,15,17-18H2,1-5H3,(H,29,34). The molecule has 1 N–H and O–H groups in total. The predicted molar refractivity (Wildman–Crippen MR) is 151 cm³/mol. The summed E-state index contributed by atoms with van der Waals surface area (Å²) in [6.45, 7) is 6.06. The highest BCUT2D eigenvalue weighted by Gasteiger charge is 2.30. The van der Waals surface area contributed by atoms with E-state index in [2.05, 4.69) is 14.6 Å². The molecule has 0 aliphatic carbocycles. The summed E-state index contributed by atoms with van der Waals surface area (Å²) in [5.41, 5.74) is 1.69. The van der Waals surface area contributed by atoms with Crippen molar-refractivity contribution in [3.63, 3.8) is 0 Å². The summed E-state index contributed by atoms with van der Waals surface area (Å²) in [5, 5.41) is 2.56. The maximum atomic E-state index is 13.4. The van der Waals surface area contributed by atoms with Crippen molar-refractivity contribution in [2.75, 3.05) is 37.0 Å². The number of sulfonamides is 1. The number of amides is 1. The number of nitrogens with zero attached hydrogens (tertiary/aromatic N) is 3. The lowest BCUT2D eigenvalue weighted by molar-refractivity contribution is -0.144. The fourth-order valence-electron chi connectivity index (χ4n) is 4.58. The first kappa shape index (κ1) is 29.5. The van der Waals surface area contributed by atoms with Crippen molar-refractivity contribution >= 4 is 44.3 Å². The van der Waals surface area contributed by atoms with Crippen LogP contribution in [0.5, 0.6) is 0 Å². The van der Waals surface area contributed by atoms with E-state index in [1.165, 1.54) is 42.5 Å². The van der Waals surface area contributed by atoms with Gasteiger partial charge in [-0.2, -0.15) is 0 Å². The largest absolute Gasteiger partial charge is 0.456 e. The first-order chi connectivity index (χ1) is 18.9. The van der Waals surface area contributed by atoms with E-state index in [1.807, 2.05) is 19.9 Å². The minimum Gasteiger partial charge on any atom is -0.456 e. The third kappa shape index (κ3) is 6.45. The molecule has 0 saturated carbocycles. The quantitative estimate of drug-likeness (QED) is 0.363. The molecular weight excluding hydrogens is 536 g/mol. The smallest absolute Gasteiger partial charge is 0.303 e. The number of anilines is 2. The molecule has 0 bridgehead atoms. The van der Waals surface area contributed by atoms with Gasteiger partial charge in [-0.3, -0.25) is 13.9 Å². The molecule has 2 aromatic carbocycles. The van der Waals surface area contributed by atoms with Crippen molar-refractivity contribution in [3.05, 3.63) is 48.3 Å². The van der Waals surface area contributed by atoms with Crippen molar-refractivity contribution in [1.29, 1.82) is 0 Å². The van der Waals surface area contributed by atoms with Crippen LogP contribution >= 0.6 is 0 Å². The van der Waals surface area contributed by atoms with Gasteiger partial charge in [0, 0.05) is 33.4 Å². The Morgan fingerprint density at radius 3 is 2.52 bits per heavy atom. The molecule has 1 fully saturated rings. The number of imidazole rings is 1. The van der Waals surface area contributed by atoms with Gasteiger partial charge < -0.3 is 24.1 Å². The molecule has 2 heterocycles. The number of methoxy groups -OCH3 is 1. The zero-order chi connectivity index (χ0) is 29.1. The highest BCUT2D eigenvalue weighted by atomic mass is 32.2. The first-order valence-corrected chi connectivity index (χ1v) is 14.6. The second-order valence-electron chi connectivity index (χ2n) is 10.2. The number of aromatic nitrogens is 2. The molecule has 216 valence electrons. The maximum absolute atomic E-state index is 13.4. The van der Waals surface area contributed by atoms with E-state index in [0.29, 0.717) is 23.4 Å². The van der Waals surface area contributed by atoms with Gasteiger partial charge in [0.1, 0.15) is 11.4 Å². The van der Waals surface area contributed by atoms with E-state index in [-0.39, 0.29) is 11.0 Å². The van der Waals surface area contributed by atoms with Gasteiger partial charge in [-0.1, -0.05) is 0 Å². The highest BCUT2D eigenvalue weighted by Crippen LogP contribution is 2.32. The third-order valence-electron chi connectivity index (χ3n) is 7.01. The topological polar surface area (TPSA) is 129 Å². The van der Waals surface area contributed by atoms with E-state index >= 15 is 0 Å². The molecule has 0 radical (unpaired) electrons. The zero-order valence-electron chi connectivity index (χ0n) is 23.5. The van der Waals surface area contributed by atoms with Crippen LogP contribution in [0.25, 0.3) is 11.0 Å². The van der Waals surface area contributed by atoms with Gasteiger partial charge in [0.25, 0.3) is 15.9 Å². The van der Waals surface area contributed by atoms with Crippen LogP contribution in [0.3, 0.4) is 0 Å². The number of nitrogens with one attached hydrogen (secondary N) is 1. The molecule has 40 heavy (non-hydrogen) atoms. The summed E-state index contributed by atoms with van der Waals surface area (Å²) in [6, 6.07) is 11.2. The fraction of sp³-hybridized carbons (Fsp3) is 0.464. The second-order valence-corrected chi connectivity index (χ2v) is 12.2. The molecule has 1 aromatic heterocycles. The molecule has 0 spiro atoms. The molecular formula is C28H36N4O7S. The van der Waals surface area contributed by atoms with Crippen LogP contribution < -0.4 is 9.62 Å². The fourth-order valence-corrected chi connectivity index (χ4v) is 5.76. The Labute approximate surface area is 234 Å². The van der Waals surface area contributed by atoms with E-state index in [4.69, 9.17) is 14.5 Å². The van der Waals surface area contributed by atoms with Gasteiger partial charge in [0.05, 0.1) is 34.3 Å². The molecule has 1 atom stereocenters. The number of fused-ring (bicyclic) bond motifs is 1.